The Kier molecular flexibility index (Phi) is 6.12. The molecular weight excluding hydrogens is 311 g/mol. The molecule has 1 aromatic carbocycles. The number of hydrogen-bond donors (Lipinski definition) is 0. The summed E-state index contributed by atoms with van der Waals surface area (Å²) in [4.78, 5) is 0. The van der Waals surface area contributed by atoms with E-state index in [1.165, 1.54) is 83.5 Å². The van der Waals surface area contributed by atoms with Gasteiger partial charge in [0.25, 0.3) is 0 Å². The van der Waals surface area contributed by atoms with Gasteiger partial charge in [0.15, 0.2) is 0 Å². The summed E-state index contributed by atoms with van der Waals surface area (Å²) in [6.45, 7) is 2.38. The van der Waals surface area contributed by atoms with Gasteiger partial charge in [0, 0.05) is 0 Å². The Labute approximate surface area is 162 Å². The summed E-state index contributed by atoms with van der Waals surface area (Å²) in [5.74, 6) is 4.78. The topological polar surface area (TPSA) is 0 Å². The summed E-state index contributed by atoms with van der Waals surface area (Å²) in [5.41, 5.74) is 4.90. The first-order chi connectivity index (χ1) is 12.7. The minimum absolute atomic E-state index is 0.841. The monoisotopic (exact) mass is 350 g/mol. The van der Waals surface area contributed by atoms with Crippen molar-refractivity contribution in [1.29, 1.82) is 0 Å². The molecule has 0 aliphatic heterocycles. The molecule has 0 spiro atoms. The first kappa shape index (κ1) is 18.6. The summed E-state index contributed by atoms with van der Waals surface area (Å²) in [5, 5.41) is 0. The van der Waals surface area contributed by atoms with Crippen LogP contribution in [0, 0.1) is 18.8 Å². The number of hydrogen-bond acceptors (Lipinski definition) is 0. The number of rotatable bonds is 3. The second-order valence-electron chi connectivity index (χ2n) is 10.1. The molecule has 1 aromatic rings. The molecule has 3 aliphatic carbocycles. The van der Waals surface area contributed by atoms with Gasteiger partial charge in [0.05, 0.1) is 0 Å². The van der Waals surface area contributed by atoms with Gasteiger partial charge >= 0.3 is 0 Å². The van der Waals surface area contributed by atoms with Gasteiger partial charge in [-0.05, 0) is 85.8 Å². The third kappa shape index (κ3) is 4.23. The maximum atomic E-state index is 2.57. The lowest BCUT2D eigenvalue weighted by molar-refractivity contribution is 0.186. The van der Waals surface area contributed by atoms with Crippen LogP contribution < -0.4 is 0 Å². The van der Waals surface area contributed by atoms with Crippen molar-refractivity contribution in [2.24, 2.45) is 11.8 Å². The molecule has 0 heterocycles. The van der Waals surface area contributed by atoms with Crippen molar-refractivity contribution in [2.75, 3.05) is 0 Å². The minimum Gasteiger partial charge on any atom is -0.0697 e. The van der Waals surface area contributed by atoms with Gasteiger partial charge in [-0.1, -0.05) is 69.0 Å². The fourth-order valence-electron chi connectivity index (χ4n) is 6.51. The highest BCUT2D eigenvalue weighted by molar-refractivity contribution is 6.11. The highest BCUT2D eigenvalue weighted by atomic mass is 14.4. The molecular formula is C25H39B. The molecule has 26 heavy (non-hydrogen) atoms. The zero-order chi connectivity index (χ0) is 17.9. The summed E-state index contributed by atoms with van der Waals surface area (Å²) in [7, 11) is 2.45. The maximum Gasteiger partial charge on any atom is 0.105 e. The van der Waals surface area contributed by atoms with E-state index in [0.717, 1.165) is 29.5 Å². The summed E-state index contributed by atoms with van der Waals surface area (Å²) in [6.07, 6.45) is 19.1. The number of benzene rings is 1. The lowest BCUT2D eigenvalue weighted by atomic mass is 9.65. The summed E-state index contributed by atoms with van der Waals surface area (Å²) in [6, 6.07) is 7.58. The van der Waals surface area contributed by atoms with Crippen LogP contribution in [0.5, 0.6) is 0 Å². The van der Waals surface area contributed by atoms with Crippen molar-refractivity contribution in [1.82, 2.24) is 0 Å². The van der Waals surface area contributed by atoms with Gasteiger partial charge in [0.2, 0.25) is 0 Å². The zero-order valence-electron chi connectivity index (χ0n) is 17.3. The first-order valence-corrected chi connectivity index (χ1v) is 11.8. The van der Waals surface area contributed by atoms with Gasteiger partial charge in [-0.2, -0.15) is 0 Å². The third-order valence-corrected chi connectivity index (χ3v) is 8.31. The van der Waals surface area contributed by atoms with Crippen LogP contribution in [0.2, 0.25) is 5.82 Å². The molecule has 0 aromatic heterocycles. The molecule has 3 fully saturated rings. The molecule has 0 saturated heterocycles. The van der Waals surface area contributed by atoms with E-state index in [0.29, 0.717) is 0 Å². The molecule has 0 nitrogen and oxygen atoms in total. The van der Waals surface area contributed by atoms with Crippen molar-refractivity contribution < 1.29 is 0 Å². The highest BCUT2D eigenvalue weighted by Crippen LogP contribution is 2.45. The molecule has 0 N–H and O–H groups in total. The second kappa shape index (κ2) is 8.53. The normalized spacial score (nSPS) is 33.9. The quantitative estimate of drug-likeness (QED) is 0.519. The Hall–Kier alpha value is -0.715. The minimum atomic E-state index is 0.841. The molecule has 0 atom stereocenters. The van der Waals surface area contributed by atoms with Gasteiger partial charge in [-0.25, -0.2) is 0 Å². The fraction of sp³-hybridized carbons (Fsp3) is 0.760. The Morgan fingerprint density at radius 2 is 1.31 bits per heavy atom. The lowest BCUT2D eigenvalue weighted by Gasteiger charge is -2.37. The van der Waals surface area contributed by atoms with Crippen molar-refractivity contribution in [3.05, 3.63) is 34.9 Å². The molecule has 0 amide bonds. The van der Waals surface area contributed by atoms with E-state index in [2.05, 4.69) is 33.0 Å². The Morgan fingerprint density at radius 1 is 0.692 bits per heavy atom. The van der Waals surface area contributed by atoms with Gasteiger partial charge in [-0.15, -0.1) is 0 Å². The summed E-state index contributed by atoms with van der Waals surface area (Å²) >= 11 is 0. The average Bonchev–Trinajstić information content (AvgIpc) is 2.69. The van der Waals surface area contributed by atoms with Crippen LogP contribution in [0.3, 0.4) is 0 Å². The predicted octanol–water partition coefficient (Wildman–Crippen LogP) is 6.93. The van der Waals surface area contributed by atoms with E-state index < -0.39 is 0 Å². The largest absolute Gasteiger partial charge is 0.105 e. The van der Waals surface area contributed by atoms with Gasteiger partial charge in [0.1, 0.15) is 7.85 Å². The van der Waals surface area contributed by atoms with Crippen molar-refractivity contribution in [3.63, 3.8) is 0 Å². The van der Waals surface area contributed by atoms with Crippen LogP contribution in [0.15, 0.2) is 18.2 Å². The smallest absolute Gasteiger partial charge is 0.0697 e. The zero-order valence-corrected chi connectivity index (χ0v) is 17.3. The highest BCUT2D eigenvalue weighted by Gasteiger charge is 2.30. The molecule has 142 valence electrons. The van der Waals surface area contributed by atoms with E-state index in [9.17, 15) is 0 Å². The molecule has 3 aliphatic rings. The molecule has 1 heteroatoms. The van der Waals surface area contributed by atoms with E-state index in [1.807, 2.05) is 0 Å². The van der Waals surface area contributed by atoms with Gasteiger partial charge in [-0.3, -0.25) is 0 Å². The van der Waals surface area contributed by atoms with Crippen molar-refractivity contribution >= 4 is 7.85 Å². The molecule has 3 saturated carbocycles. The molecule has 4 rings (SSSR count). The van der Waals surface area contributed by atoms with E-state index in [-0.39, 0.29) is 0 Å². The standard InChI is InChI=1S/C25H39B/c1-18-17-23(13-16-25(18)22-5-3-2-4-6-22)21-9-7-19(8-10-21)20-11-14-24(26)15-12-20/h13,16-17,19-22,24H,2-12,14-15,26H2,1H3. The Morgan fingerprint density at radius 3 is 1.92 bits per heavy atom. The lowest BCUT2D eigenvalue weighted by Crippen LogP contribution is -2.24. The molecule has 0 unspecified atom stereocenters. The van der Waals surface area contributed by atoms with Crippen LogP contribution >= 0.6 is 0 Å². The Bertz CT molecular complexity index is 570. The van der Waals surface area contributed by atoms with Crippen LogP contribution in [-0.4, -0.2) is 7.85 Å². The first-order valence-electron chi connectivity index (χ1n) is 11.8. The van der Waals surface area contributed by atoms with Crippen LogP contribution in [0.25, 0.3) is 0 Å². The van der Waals surface area contributed by atoms with E-state index in [1.54, 1.807) is 16.7 Å². The maximum absolute atomic E-state index is 2.57. The third-order valence-electron chi connectivity index (χ3n) is 8.31. The second-order valence-corrected chi connectivity index (χ2v) is 10.1. The van der Waals surface area contributed by atoms with E-state index in [4.69, 9.17) is 0 Å². The van der Waals surface area contributed by atoms with Crippen LogP contribution in [-0.2, 0) is 0 Å². The average molecular weight is 350 g/mol. The molecule has 0 bridgehead atoms. The fourth-order valence-corrected chi connectivity index (χ4v) is 6.51. The number of aryl methyl sites for hydroxylation is 1. The van der Waals surface area contributed by atoms with Crippen LogP contribution in [0.4, 0.5) is 0 Å². The predicted molar refractivity (Wildman–Crippen MR) is 116 cm³/mol. The Balaban J connectivity index is 1.34. The SMILES string of the molecule is BC1CCC(C2CCC(c3ccc(C4CCCCC4)c(C)c3)CC2)CC1. The van der Waals surface area contributed by atoms with Gasteiger partial charge < -0.3 is 0 Å². The summed E-state index contributed by atoms with van der Waals surface area (Å²) < 4.78 is 0. The van der Waals surface area contributed by atoms with Crippen molar-refractivity contribution in [3.8, 4) is 0 Å². The van der Waals surface area contributed by atoms with E-state index >= 15 is 0 Å². The molecule has 0 radical (unpaired) electrons. The van der Waals surface area contributed by atoms with Crippen LogP contribution in [0.1, 0.15) is 112 Å². The van der Waals surface area contributed by atoms with Crippen molar-refractivity contribution in [2.45, 2.75) is 108 Å².